The van der Waals surface area contributed by atoms with Gasteiger partial charge in [-0.3, -0.25) is 9.69 Å². The highest BCUT2D eigenvalue weighted by Crippen LogP contribution is 2.40. The van der Waals surface area contributed by atoms with E-state index in [4.69, 9.17) is 4.74 Å². The number of benzene rings is 1. The Morgan fingerprint density at radius 3 is 2.65 bits per heavy atom. The molecule has 23 heavy (non-hydrogen) atoms. The van der Waals surface area contributed by atoms with E-state index in [-0.39, 0.29) is 6.04 Å². The number of likely N-dealkylation sites (tertiary alicyclic amines) is 1. The summed E-state index contributed by atoms with van der Waals surface area (Å²) in [6, 6.07) is 8.30. The number of aliphatic carboxylic acids is 1. The molecule has 1 aliphatic carbocycles. The summed E-state index contributed by atoms with van der Waals surface area (Å²) in [5, 5.41) is 9.62. The number of hydrogen-bond acceptors (Lipinski definition) is 3. The Morgan fingerprint density at radius 2 is 2.00 bits per heavy atom. The van der Waals surface area contributed by atoms with Gasteiger partial charge in [0, 0.05) is 12.6 Å². The molecule has 1 heterocycles. The zero-order chi connectivity index (χ0) is 16.4. The standard InChI is InChI=1S/C19H27NO3/c1-13(14-7-9-16(23-2)10-8-14)12-20-17-6-4-3-5-15(17)11-18(20)19(21)22/h7-10,13,15,17-18H,3-6,11-12H2,1-2H3,(H,21,22). The molecule has 0 aromatic heterocycles. The number of nitrogens with zero attached hydrogens (tertiary/aromatic N) is 1. The lowest BCUT2D eigenvalue weighted by molar-refractivity contribution is -0.142. The number of rotatable bonds is 5. The average Bonchev–Trinajstić information content (AvgIpc) is 2.94. The highest BCUT2D eigenvalue weighted by atomic mass is 16.5. The normalized spacial score (nSPS) is 29.0. The molecule has 4 heteroatoms. The van der Waals surface area contributed by atoms with Crippen molar-refractivity contribution in [3.8, 4) is 5.75 Å². The fraction of sp³-hybridized carbons (Fsp3) is 0.632. The van der Waals surface area contributed by atoms with E-state index >= 15 is 0 Å². The predicted octanol–water partition coefficient (Wildman–Crippen LogP) is 3.52. The van der Waals surface area contributed by atoms with E-state index in [1.165, 1.54) is 24.8 Å². The van der Waals surface area contributed by atoms with E-state index in [1.54, 1.807) is 7.11 Å². The van der Waals surface area contributed by atoms with E-state index < -0.39 is 5.97 Å². The van der Waals surface area contributed by atoms with Crippen LogP contribution in [0.4, 0.5) is 0 Å². The van der Waals surface area contributed by atoms with Gasteiger partial charge < -0.3 is 9.84 Å². The van der Waals surface area contributed by atoms with Crippen LogP contribution in [0.5, 0.6) is 5.75 Å². The molecule has 3 rings (SSSR count). The summed E-state index contributed by atoms with van der Waals surface area (Å²) in [6.07, 6.45) is 5.68. The molecule has 1 saturated carbocycles. The van der Waals surface area contributed by atoms with Crippen LogP contribution in [0.25, 0.3) is 0 Å². The van der Waals surface area contributed by atoms with Crippen LogP contribution >= 0.6 is 0 Å². The first kappa shape index (κ1) is 16.3. The second-order valence-electron chi connectivity index (χ2n) is 7.07. The van der Waals surface area contributed by atoms with Gasteiger partial charge in [0.05, 0.1) is 7.11 Å². The molecule has 0 bridgehead atoms. The summed E-state index contributed by atoms with van der Waals surface area (Å²) >= 11 is 0. The number of methoxy groups -OCH3 is 1. The van der Waals surface area contributed by atoms with E-state index in [1.807, 2.05) is 12.1 Å². The van der Waals surface area contributed by atoms with Crippen molar-refractivity contribution in [3.63, 3.8) is 0 Å². The van der Waals surface area contributed by atoms with Crippen LogP contribution < -0.4 is 4.74 Å². The number of carbonyl (C=O) groups is 1. The molecule has 126 valence electrons. The zero-order valence-corrected chi connectivity index (χ0v) is 14.1. The molecular formula is C19H27NO3. The Hall–Kier alpha value is -1.55. The van der Waals surface area contributed by atoms with E-state index in [0.29, 0.717) is 17.9 Å². The third-order valence-electron chi connectivity index (χ3n) is 5.68. The number of ether oxygens (including phenoxy) is 1. The van der Waals surface area contributed by atoms with Gasteiger partial charge in [-0.05, 0) is 48.8 Å². The van der Waals surface area contributed by atoms with Gasteiger partial charge in [-0.25, -0.2) is 0 Å². The van der Waals surface area contributed by atoms with Gasteiger partial charge in [-0.2, -0.15) is 0 Å². The monoisotopic (exact) mass is 317 g/mol. The van der Waals surface area contributed by atoms with Crippen molar-refractivity contribution in [2.45, 2.75) is 57.0 Å². The topological polar surface area (TPSA) is 49.8 Å². The molecule has 1 N–H and O–H groups in total. The lowest BCUT2D eigenvalue weighted by atomic mass is 9.84. The average molecular weight is 317 g/mol. The number of carboxylic acids is 1. The summed E-state index contributed by atoms with van der Waals surface area (Å²) in [4.78, 5) is 14.0. The fourth-order valence-electron chi connectivity index (χ4n) is 4.41. The van der Waals surface area contributed by atoms with Gasteiger partial charge in [-0.15, -0.1) is 0 Å². The summed E-state index contributed by atoms with van der Waals surface area (Å²) in [5.74, 6) is 1.11. The maximum Gasteiger partial charge on any atom is 0.320 e. The number of hydrogen-bond donors (Lipinski definition) is 1. The van der Waals surface area contributed by atoms with Crippen molar-refractivity contribution in [1.82, 2.24) is 4.90 Å². The molecule has 0 amide bonds. The molecule has 4 unspecified atom stereocenters. The minimum Gasteiger partial charge on any atom is -0.497 e. The molecule has 1 aromatic rings. The van der Waals surface area contributed by atoms with Crippen molar-refractivity contribution >= 4 is 5.97 Å². The van der Waals surface area contributed by atoms with Gasteiger partial charge in [-0.1, -0.05) is 31.9 Å². The van der Waals surface area contributed by atoms with E-state index in [2.05, 4.69) is 24.0 Å². The second-order valence-corrected chi connectivity index (χ2v) is 7.07. The molecule has 0 spiro atoms. The Bertz CT molecular complexity index is 542. The summed E-state index contributed by atoms with van der Waals surface area (Å²) in [7, 11) is 1.67. The lowest BCUT2D eigenvalue weighted by Gasteiger charge is -2.34. The molecule has 4 atom stereocenters. The van der Waals surface area contributed by atoms with Crippen LogP contribution in [0.3, 0.4) is 0 Å². The molecule has 1 aromatic carbocycles. The Kier molecular flexibility index (Phi) is 4.90. The smallest absolute Gasteiger partial charge is 0.320 e. The minimum atomic E-state index is -0.652. The van der Waals surface area contributed by atoms with Crippen LogP contribution in [-0.2, 0) is 4.79 Å². The summed E-state index contributed by atoms with van der Waals surface area (Å²) in [5.41, 5.74) is 1.24. The van der Waals surface area contributed by atoms with Gasteiger partial charge in [0.2, 0.25) is 0 Å². The second kappa shape index (κ2) is 6.91. The Morgan fingerprint density at radius 1 is 1.30 bits per heavy atom. The summed E-state index contributed by atoms with van der Waals surface area (Å²) in [6.45, 7) is 3.02. The van der Waals surface area contributed by atoms with E-state index in [9.17, 15) is 9.90 Å². The first-order chi connectivity index (χ1) is 11.1. The number of fused-ring (bicyclic) bond motifs is 1. The zero-order valence-electron chi connectivity index (χ0n) is 14.1. The van der Waals surface area contributed by atoms with Crippen molar-refractivity contribution in [2.75, 3.05) is 13.7 Å². The van der Waals surface area contributed by atoms with E-state index in [0.717, 1.165) is 25.1 Å². The molecule has 1 saturated heterocycles. The number of carboxylic acid groups (broad SMARTS) is 1. The third kappa shape index (κ3) is 3.37. The largest absolute Gasteiger partial charge is 0.497 e. The maximum absolute atomic E-state index is 11.7. The lowest BCUT2D eigenvalue weighted by Crippen LogP contribution is -2.44. The fourth-order valence-corrected chi connectivity index (χ4v) is 4.41. The predicted molar refractivity (Wildman–Crippen MR) is 89.9 cm³/mol. The van der Waals surface area contributed by atoms with Gasteiger partial charge in [0.15, 0.2) is 0 Å². The van der Waals surface area contributed by atoms with Crippen molar-refractivity contribution in [1.29, 1.82) is 0 Å². The van der Waals surface area contributed by atoms with Crippen LogP contribution in [0.1, 0.15) is 50.5 Å². The van der Waals surface area contributed by atoms with Gasteiger partial charge in [0.25, 0.3) is 0 Å². The quantitative estimate of drug-likeness (QED) is 0.903. The van der Waals surface area contributed by atoms with Gasteiger partial charge in [0.1, 0.15) is 11.8 Å². The highest BCUT2D eigenvalue weighted by molar-refractivity contribution is 5.74. The maximum atomic E-state index is 11.7. The Labute approximate surface area is 138 Å². The van der Waals surface area contributed by atoms with Crippen LogP contribution in [0.15, 0.2) is 24.3 Å². The molecular weight excluding hydrogens is 290 g/mol. The Balaban J connectivity index is 1.73. The molecule has 2 aliphatic rings. The van der Waals surface area contributed by atoms with Crippen molar-refractivity contribution in [3.05, 3.63) is 29.8 Å². The molecule has 0 radical (unpaired) electrons. The first-order valence-corrected chi connectivity index (χ1v) is 8.72. The molecule has 1 aliphatic heterocycles. The highest BCUT2D eigenvalue weighted by Gasteiger charge is 2.45. The van der Waals surface area contributed by atoms with Crippen LogP contribution in [-0.4, -0.2) is 41.7 Å². The SMILES string of the molecule is COc1ccc(C(C)CN2C(C(=O)O)CC3CCCCC32)cc1. The molecule has 4 nitrogen and oxygen atoms in total. The minimum absolute atomic E-state index is 0.302. The van der Waals surface area contributed by atoms with Gasteiger partial charge >= 0.3 is 5.97 Å². The summed E-state index contributed by atoms with van der Waals surface area (Å²) < 4.78 is 5.21. The van der Waals surface area contributed by atoms with Crippen LogP contribution in [0.2, 0.25) is 0 Å². The van der Waals surface area contributed by atoms with Crippen molar-refractivity contribution < 1.29 is 14.6 Å². The first-order valence-electron chi connectivity index (χ1n) is 8.72. The molecule has 2 fully saturated rings. The third-order valence-corrected chi connectivity index (χ3v) is 5.68. The van der Waals surface area contributed by atoms with Crippen LogP contribution in [0, 0.1) is 5.92 Å². The van der Waals surface area contributed by atoms with Crippen molar-refractivity contribution in [2.24, 2.45) is 5.92 Å².